The minimum absolute atomic E-state index is 0.00683. The van der Waals surface area contributed by atoms with Gasteiger partial charge in [-0.15, -0.1) is 0 Å². The lowest BCUT2D eigenvalue weighted by Gasteiger charge is -2.26. The Morgan fingerprint density at radius 1 is 1.40 bits per heavy atom. The Balaban J connectivity index is 3.22. The van der Waals surface area contributed by atoms with E-state index in [-0.39, 0.29) is 30.0 Å². The maximum absolute atomic E-state index is 13.7. The van der Waals surface area contributed by atoms with Crippen LogP contribution in [0.1, 0.15) is 25.8 Å². The van der Waals surface area contributed by atoms with Gasteiger partial charge in [-0.25, -0.2) is 4.39 Å². The van der Waals surface area contributed by atoms with Gasteiger partial charge in [0, 0.05) is 11.4 Å². The summed E-state index contributed by atoms with van der Waals surface area (Å²) in [6.07, 6.45) is -0.308. The van der Waals surface area contributed by atoms with Gasteiger partial charge in [-0.2, -0.15) is 0 Å². The summed E-state index contributed by atoms with van der Waals surface area (Å²) in [7, 11) is 0. The molecule has 0 aromatic heterocycles. The Labute approximate surface area is 121 Å². The minimum Gasteiger partial charge on any atom is -0.480 e. The second kappa shape index (κ2) is 6.70. The molecule has 0 saturated carbocycles. The summed E-state index contributed by atoms with van der Waals surface area (Å²) in [6.45, 7) is 3.19. The number of ether oxygens (including phenoxy) is 1. The van der Waals surface area contributed by atoms with E-state index in [0.717, 1.165) is 6.07 Å². The number of aliphatic carboxylic acids is 1. The third-order valence-corrected chi connectivity index (χ3v) is 3.41. The number of carboxylic acids is 1. The minimum atomic E-state index is -1.80. The molecule has 0 amide bonds. The number of carboxylic acid groups (broad SMARTS) is 1. The van der Waals surface area contributed by atoms with Gasteiger partial charge < -0.3 is 9.84 Å². The zero-order chi connectivity index (χ0) is 15.3. The summed E-state index contributed by atoms with van der Waals surface area (Å²) in [4.78, 5) is 23.5. The van der Waals surface area contributed by atoms with E-state index in [4.69, 9.17) is 16.3 Å². The number of esters is 1. The molecule has 1 rings (SSSR count). The van der Waals surface area contributed by atoms with Crippen molar-refractivity contribution in [2.75, 3.05) is 6.61 Å². The molecule has 0 fully saturated rings. The van der Waals surface area contributed by atoms with Crippen molar-refractivity contribution < 1.29 is 23.8 Å². The van der Waals surface area contributed by atoms with Gasteiger partial charge in [-0.05, 0) is 37.1 Å². The second-order valence-electron chi connectivity index (χ2n) is 4.37. The highest BCUT2D eigenvalue weighted by atomic mass is 35.5. The number of halogens is 2. The summed E-state index contributed by atoms with van der Waals surface area (Å²) in [6, 6.07) is 3.83. The molecular formula is C14H16ClFO4. The fourth-order valence-corrected chi connectivity index (χ4v) is 2.12. The average molecular weight is 303 g/mol. The first kappa shape index (κ1) is 16.4. The molecule has 110 valence electrons. The largest absolute Gasteiger partial charge is 0.480 e. The molecule has 0 spiro atoms. The number of benzene rings is 1. The van der Waals surface area contributed by atoms with Crippen LogP contribution in [0.3, 0.4) is 0 Å². The van der Waals surface area contributed by atoms with Gasteiger partial charge in [-0.3, -0.25) is 9.59 Å². The Morgan fingerprint density at radius 2 is 2.05 bits per heavy atom. The molecule has 0 aliphatic carbocycles. The lowest BCUT2D eigenvalue weighted by atomic mass is 9.79. The molecule has 0 aliphatic rings. The zero-order valence-corrected chi connectivity index (χ0v) is 12.0. The summed E-state index contributed by atoms with van der Waals surface area (Å²) in [5.74, 6) is -2.80. The summed E-state index contributed by atoms with van der Waals surface area (Å²) >= 11 is 5.78. The number of hydrogen-bond acceptors (Lipinski definition) is 3. The van der Waals surface area contributed by atoms with Crippen molar-refractivity contribution in [1.29, 1.82) is 0 Å². The molecule has 0 aliphatic heterocycles. The van der Waals surface area contributed by atoms with Crippen molar-refractivity contribution in [3.05, 3.63) is 34.6 Å². The highest BCUT2D eigenvalue weighted by molar-refractivity contribution is 6.30. The van der Waals surface area contributed by atoms with Gasteiger partial charge >= 0.3 is 11.9 Å². The average Bonchev–Trinajstić information content (AvgIpc) is 2.39. The third kappa shape index (κ3) is 3.28. The van der Waals surface area contributed by atoms with Crippen LogP contribution in [0, 0.1) is 11.2 Å². The molecule has 0 saturated heterocycles. The first-order valence-corrected chi connectivity index (χ1v) is 6.59. The number of carbonyl (C=O) groups excluding carboxylic acids is 1. The zero-order valence-electron chi connectivity index (χ0n) is 11.3. The lowest BCUT2D eigenvalue weighted by Crippen LogP contribution is -2.42. The van der Waals surface area contributed by atoms with Crippen molar-refractivity contribution >= 4 is 23.5 Å². The van der Waals surface area contributed by atoms with Crippen LogP contribution in [0.5, 0.6) is 0 Å². The molecule has 1 aromatic rings. The summed E-state index contributed by atoms with van der Waals surface area (Å²) in [5, 5.41) is 9.66. The van der Waals surface area contributed by atoms with E-state index in [9.17, 15) is 19.1 Å². The predicted molar refractivity (Wildman–Crippen MR) is 72.1 cm³/mol. The maximum atomic E-state index is 13.7. The van der Waals surface area contributed by atoms with Gasteiger partial charge in [0.1, 0.15) is 5.82 Å². The topological polar surface area (TPSA) is 63.6 Å². The fourth-order valence-electron chi connectivity index (χ4n) is 1.93. The molecule has 0 radical (unpaired) electrons. The molecule has 20 heavy (non-hydrogen) atoms. The molecule has 1 atom stereocenters. The number of rotatable bonds is 6. The molecular weight excluding hydrogens is 287 g/mol. The Morgan fingerprint density at radius 3 is 2.55 bits per heavy atom. The summed E-state index contributed by atoms with van der Waals surface area (Å²) in [5.41, 5.74) is -1.73. The van der Waals surface area contributed by atoms with Gasteiger partial charge in [0.2, 0.25) is 0 Å². The Hall–Kier alpha value is -1.62. The van der Waals surface area contributed by atoms with Crippen LogP contribution >= 0.6 is 11.6 Å². The van der Waals surface area contributed by atoms with Crippen molar-refractivity contribution in [2.45, 2.75) is 26.7 Å². The predicted octanol–water partition coefficient (Wildman–Crippen LogP) is 3.07. The first-order valence-electron chi connectivity index (χ1n) is 6.22. The first-order chi connectivity index (χ1) is 9.37. The maximum Gasteiger partial charge on any atom is 0.323 e. The quantitative estimate of drug-likeness (QED) is 0.648. The number of hydrogen-bond donors (Lipinski definition) is 1. The van der Waals surface area contributed by atoms with E-state index >= 15 is 0 Å². The molecule has 4 nitrogen and oxygen atoms in total. The van der Waals surface area contributed by atoms with Crippen LogP contribution in [0.2, 0.25) is 5.02 Å². The van der Waals surface area contributed by atoms with Gasteiger partial charge in [0.25, 0.3) is 0 Å². The van der Waals surface area contributed by atoms with E-state index in [0.29, 0.717) is 0 Å². The van der Waals surface area contributed by atoms with Gasteiger partial charge in [0.15, 0.2) is 5.41 Å². The standard InChI is InChI=1S/C14H16ClFO4/c1-3-14(12(17)18,13(19)20-4-2)8-9-7-10(15)5-6-11(9)16/h5-7H,3-4,8H2,1-2H3,(H,17,18). The molecule has 6 heteroatoms. The highest BCUT2D eigenvalue weighted by Crippen LogP contribution is 2.31. The van der Waals surface area contributed by atoms with E-state index in [1.54, 1.807) is 13.8 Å². The van der Waals surface area contributed by atoms with Crippen molar-refractivity contribution in [3.8, 4) is 0 Å². The summed E-state index contributed by atoms with van der Waals surface area (Å²) < 4.78 is 18.6. The molecule has 1 aromatic carbocycles. The van der Waals surface area contributed by atoms with E-state index in [1.165, 1.54) is 12.1 Å². The van der Waals surface area contributed by atoms with Crippen LogP contribution < -0.4 is 0 Å². The molecule has 1 unspecified atom stereocenters. The van der Waals surface area contributed by atoms with Crippen LogP contribution in [-0.2, 0) is 20.7 Å². The second-order valence-corrected chi connectivity index (χ2v) is 4.81. The monoisotopic (exact) mass is 302 g/mol. The SMILES string of the molecule is CCOC(=O)C(CC)(Cc1cc(Cl)ccc1F)C(=O)O. The van der Waals surface area contributed by atoms with Crippen molar-refractivity contribution in [2.24, 2.45) is 5.41 Å². The van der Waals surface area contributed by atoms with Crippen molar-refractivity contribution in [3.63, 3.8) is 0 Å². The Bertz CT molecular complexity index is 518. The third-order valence-electron chi connectivity index (χ3n) is 3.18. The lowest BCUT2D eigenvalue weighted by molar-refractivity contribution is -0.168. The molecule has 1 N–H and O–H groups in total. The smallest absolute Gasteiger partial charge is 0.323 e. The van der Waals surface area contributed by atoms with E-state index in [2.05, 4.69) is 0 Å². The number of carbonyl (C=O) groups is 2. The van der Waals surface area contributed by atoms with E-state index < -0.39 is 23.2 Å². The van der Waals surface area contributed by atoms with Crippen LogP contribution in [0.4, 0.5) is 4.39 Å². The molecule has 0 bridgehead atoms. The fraction of sp³-hybridized carbons (Fsp3) is 0.429. The molecule has 0 heterocycles. The van der Waals surface area contributed by atoms with Crippen molar-refractivity contribution in [1.82, 2.24) is 0 Å². The van der Waals surface area contributed by atoms with Gasteiger partial charge in [-0.1, -0.05) is 18.5 Å². The van der Waals surface area contributed by atoms with Gasteiger partial charge in [0.05, 0.1) is 6.61 Å². The normalized spacial score (nSPS) is 13.6. The van der Waals surface area contributed by atoms with Crippen LogP contribution in [0.25, 0.3) is 0 Å². The highest BCUT2D eigenvalue weighted by Gasteiger charge is 2.46. The Kier molecular flexibility index (Phi) is 5.51. The van der Waals surface area contributed by atoms with Crippen LogP contribution in [-0.4, -0.2) is 23.7 Å². The van der Waals surface area contributed by atoms with E-state index in [1.807, 2.05) is 0 Å². The van der Waals surface area contributed by atoms with Crippen LogP contribution in [0.15, 0.2) is 18.2 Å².